The summed E-state index contributed by atoms with van der Waals surface area (Å²) in [5.41, 5.74) is 5.18. The molecule has 0 saturated heterocycles. The van der Waals surface area contributed by atoms with Crippen molar-refractivity contribution in [3.05, 3.63) is 95.1 Å². The van der Waals surface area contributed by atoms with E-state index in [2.05, 4.69) is 5.32 Å². The van der Waals surface area contributed by atoms with Gasteiger partial charge >= 0.3 is 0 Å². The van der Waals surface area contributed by atoms with Gasteiger partial charge in [-0.3, -0.25) is 9.59 Å². The number of nitrogens with one attached hydrogen (secondary N) is 1. The van der Waals surface area contributed by atoms with Crippen molar-refractivity contribution >= 4 is 17.4 Å². The molecule has 3 rings (SSSR count). The van der Waals surface area contributed by atoms with Crippen LogP contribution in [-0.4, -0.2) is 16.8 Å². The molecule has 152 valence electrons. The standard InChI is InChI=1S/C9H11NO.C9H10O.C7H8O/c1-7-3-5-9(6-4-7)10-8(2)11;1-7-3-5-9(6-4-7)8(2)10;1-6-2-4-7(8)5-3-6/h3-6H,1-2H3,(H,10,11);3-6H,1-2H3;2-5,8H,1H3. The number of anilines is 1. The Kier molecular flexibility index (Phi) is 9.89. The molecule has 0 atom stereocenters. The van der Waals surface area contributed by atoms with Crippen molar-refractivity contribution in [1.29, 1.82) is 0 Å². The lowest BCUT2D eigenvalue weighted by molar-refractivity contribution is -0.114. The minimum Gasteiger partial charge on any atom is -0.508 e. The van der Waals surface area contributed by atoms with Crippen LogP contribution < -0.4 is 5.32 Å². The molecule has 0 unspecified atom stereocenters. The number of aryl methyl sites for hydroxylation is 3. The fourth-order valence-corrected chi connectivity index (χ4v) is 2.17. The molecule has 0 aliphatic carbocycles. The summed E-state index contributed by atoms with van der Waals surface area (Å²) in [7, 11) is 0. The SMILES string of the molecule is CC(=O)Nc1ccc(C)cc1.CC(=O)c1ccc(C)cc1.Cc1ccc(O)cc1. The number of carbonyl (C=O) groups excluding carboxylic acids is 2. The lowest BCUT2D eigenvalue weighted by atomic mass is 10.1. The molecule has 0 saturated carbocycles. The van der Waals surface area contributed by atoms with Gasteiger partial charge in [-0.2, -0.15) is 0 Å². The number of rotatable bonds is 2. The largest absolute Gasteiger partial charge is 0.508 e. The summed E-state index contributed by atoms with van der Waals surface area (Å²) in [6.07, 6.45) is 0. The van der Waals surface area contributed by atoms with E-state index in [0.717, 1.165) is 11.3 Å². The van der Waals surface area contributed by atoms with E-state index in [9.17, 15) is 9.59 Å². The van der Waals surface area contributed by atoms with Crippen LogP contribution >= 0.6 is 0 Å². The smallest absolute Gasteiger partial charge is 0.221 e. The van der Waals surface area contributed by atoms with E-state index in [1.807, 2.05) is 81.4 Å². The highest BCUT2D eigenvalue weighted by Gasteiger charge is 1.95. The molecule has 0 aliphatic rings. The normalized spacial score (nSPS) is 9.28. The van der Waals surface area contributed by atoms with E-state index in [-0.39, 0.29) is 11.7 Å². The van der Waals surface area contributed by atoms with Crippen LogP contribution in [0, 0.1) is 20.8 Å². The number of hydrogen-bond donors (Lipinski definition) is 2. The maximum atomic E-state index is 10.8. The Labute approximate surface area is 173 Å². The van der Waals surface area contributed by atoms with Crippen molar-refractivity contribution in [2.75, 3.05) is 5.32 Å². The van der Waals surface area contributed by atoms with E-state index < -0.39 is 0 Å². The van der Waals surface area contributed by atoms with E-state index >= 15 is 0 Å². The molecule has 0 fully saturated rings. The molecule has 0 heterocycles. The van der Waals surface area contributed by atoms with Crippen molar-refractivity contribution in [3.8, 4) is 5.75 Å². The van der Waals surface area contributed by atoms with E-state index in [4.69, 9.17) is 5.11 Å². The third-order valence-corrected chi connectivity index (χ3v) is 3.86. The third-order valence-electron chi connectivity index (χ3n) is 3.86. The van der Waals surface area contributed by atoms with Crippen LogP contribution in [0.2, 0.25) is 0 Å². The van der Waals surface area contributed by atoms with Gasteiger partial charge in [0.25, 0.3) is 0 Å². The van der Waals surface area contributed by atoms with Gasteiger partial charge in [0, 0.05) is 18.2 Å². The first-order valence-corrected chi connectivity index (χ1v) is 9.35. The molecule has 3 aromatic carbocycles. The number of Topliss-reactive ketones (excluding diaryl/α,β-unsaturated/α-hetero) is 1. The van der Waals surface area contributed by atoms with E-state index in [1.54, 1.807) is 19.1 Å². The average molecular weight is 392 g/mol. The van der Waals surface area contributed by atoms with Crippen LogP contribution in [-0.2, 0) is 4.79 Å². The number of amides is 1. The molecule has 0 spiro atoms. The number of aromatic hydroxyl groups is 1. The Balaban J connectivity index is 0.000000220. The Hall–Kier alpha value is -3.40. The molecule has 4 nitrogen and oxygen atoms in total. The summed E-state index contributed by atoms with van der Waals surface area (Å²) >= 11 is 0. The number of benzene rings is 3. The molecule has 3 aromatic rings. The molecule has 0 radical (unpaired) electrons. The number of carbonyl (C=O) groups is 2. The first-order chi connectivity index (χ1) is 13.7. The predicted octanol–water partition coefficient (Wildman–Crippen LogP) is 5.85. The van der Waals surface area contributed by atoms with Gasteiger partial charge in [0.2, 0.25) is 5.91 Å². The monoisotopic (exact) mass is 391 g/mol. The Morgan fingerprint density at radius 3 is 1.38 bits per heavy atom. The van der Waals surface area contributed by atoms with Gasteiger partial charge in [-0.1, -0.05) is 65.2 Å². The molecule has 0 bridgehead atoms. The topological polar surface area (TPSA) is 66.4 Å². The number of ketones is 1. The van der Waals surface area contributed by atoms with Crippen molar-refractivity contribution in [2.24, 2.45) is 0 Å². The first kappa shape index (κ1) is 23.6. The number of phenols is 1. The lowest BCUT2D eigenvalue weighted by Gasteiger charge is -2.00. The molecular formula is C25H29NO3. The second-order valence-electron chi connectivity index (χ2n) is 6.80. The van der Waals surface area contributed by atoms with Crippen LogP contribution in [0.1, 0.15) is 40.9 Å². The van der Waals surface area contributed by atoms with E-state index in [0.29, 0.717) is 5.75 Å². The Bertz CT molecular complexity index is 875. The van der Waals surface area contributed by atoms with E-state index in [1.165, 1.54) is 23.6 Å². The minimum absolute atomic E-state index is 0.0335. The molecule has 4 heteroatoms. The molecule has 29 heavy (non-hydrogen) atoms. The van der Waals surface area contributed by atoms with Gasteiger partial charge in [0.1, 0.15) is 5.75 Å². The highest BCUT2D eigenvalue weighted by atomic mass is 16.3. The summed E-state index contributed by atoms with van der Waals surface area (Å²) in [4.78, 5) is 21.3. The predicted molar refractivity (Wildman–Crippen MR) is 120 cm³/mol. The quantitative estimate of drug-likeness (QED) is 0.538. The van der Waals surface area contributed by atoms with Gasteiger partial charge in [-0.25, -0.2) is 0 Å². The summed E-state index contributed by atoms with van der Waals surface area (Å²) in [5, 5.41) is 11.4. The zero-order chi connectivity index (χ0) is 21.8. The summed E-state index contributed by atoms with van der Waals surface area (Å²) < 4.78 is 0. The highest BCUT2D eigenvalue weighted by molar-refractivity contribution is 5.94. The second-order valence-corrected chi connectivity index (χ2v) is 6.80. The minimum atomic E-state index is -0.0335. The molecular weight excluding hydrogens is 362 g/mol. The van der Waals surface area contributed by atoms with Crippen LogP contribution in [0.3, 0.4) is 0 Å². The summed E-state index contributed by atoms with van der Waals surface area (Å²) in [5.74, 6) is 0.421. The van der Waals surface area contributed by atoms with Crippen molar-refractivity contribution in [2.45, 2.75) is 34.6 Å². The third kappa shape index (κ3) is 10.5. The van der Waals surface area contributed by atoms with Crippen LogP contribution in [0.15, 0.2) is 72.8 Å². The Morgan fingerprint density at radius 2 is 1.03 bits per heavy atom. The summed E-state index contributed by atoms with van der Waals surface area (Å²) in [6, 6.07) is 22.4. The van der Waals surface area contributed by atoms with Crippen molar-refractivity contribution < 1.29 is 14.7 Å². The van der Waals surface area contributed by atoms with Gasteiger partial charge in [0.15, 0.2) is 5.78 Å². The fraction of sp³-hybridized carbons (Fsp3) is 0.200. The van der Waals surface area contributed by atoms with Gasteiger partial charge in [-0.15, -0.1) is 0 Å². The van der Waals surface area contributed by atoms with Crippen molar-refractivity contribution in [1.82, 2.24) is 0 Å². The lowest BCUT2D eigenvalue weighted by Crippen LogP contribution is -2.05. The molecule has 1 amide bonds. The fourth-order valence-electron chi connectivity index (χ4n) is 2.17. The van der Waals surface area contributed by atoms with Crippen LogP contribution in [0.5, 0.6) is 5.75 Å². The van der Waals surface area contributed by atoms with Gasteiger partial charge < -0.3 is 10.4 Å². The molecule has 2 N–H and O–H groups in total. The maximum Gasteiger partial charge on any atom is 0.221 e. The zero-order valence-corrected chi connectivity index (χ0v) is 17.7. The average Bonchev–Trinajstić information content (AvgIpc) is 2.67. The van der Waals surface area contributed by atoms with Crippen LogP contribution in [0.4, 0.5) is 5.69 Å². The Morgan fingerprint density at radius 1 is 0.655 bits per heavy atom. The molecule has 0 aliphatic heterocycles. The summed E-state index contributed by atoms with van der Waals surface area (Å²) in [6.45, 7) is 9.07. The van der Waals surface area contributed by atoms with Gasteiger partial charge in [-0.05, 0) is 52.0 Å². The van der Waals surface area contributed by atoms with Gasteiger partial charge in [0.05, 0.1) is 0 Å². The zero-order valence-electron chi connectivity index (χ0n) is 17.7. The van der Waals surface area contributed by atoms with Crippen LogP contribution in [0.25, 0.3) is 0 Å². The number of hydrogen-bond acceptors (Lipinski definition) is 3. The highest BCUT2D eigenvalue weighted by Crippen LogP contribution is 2.08. The maximum absolute atomic E-state index is 10.8. The first-order valence-electron chi connectivity index (χ1n) is 9.35. The number of phenolic OH excluding ortho intramolecular Hbond substituents is 1. The van der Waals surface area contributed by atoms with Crippen molar-refractivity contribution in [3.63, 3.8) is 0 Å². The molecule has 0 aromatic heterocycles. The second kappa shape index (κ2) is 12.1.